The zero-order valence-corrected chi connectivity index (χ0v) is 10.9. The van der Waals surface area contributed by atoms with Crippen LogP contribution in [0.1, 0.15) is 71.6 Å². The van der Waals surface area contributed by atoms with Gasteiger partial charge in [0.2, 0.25) is 0 Å². The predicted molar refractivity (Wildman–Crippen MR) is 66.3 cm³/mol. The normalized spacial score (nSPS) is 18.6. The van der Waals surface area contributed by atoms with E-state index in [2.05, 4.69) is 6.92 Å². The summed E-state index contributed by atoms with van der Waals surface area (Å²) in [6, 6.07) is 0. The van der Waals surface area contributed by atoms with Gasteiger partial charge in [-0.05, 0) is 26.2 Å². The van der Waals surface area contributed by atoms with E-state index in [0.29, 0.717) is 6.61 Å². The molecule has 0 aromatic heterocycles. The van der Waals surface area contributed by atoms with E-state index < -0.39 is 0 Å². The van der Waals surface area contributed by atoms with Gasteiger partial charge in [-0.3, -0.25) is 4.79 Å². The topological polar surface area (TPSA) is 26.3 Å². The van der Waals surface area contributed by atoms with Gasteiger partial charge in [-0.1, -0.05) is 45.4 Å². The molecule has 0 N–H and O–H groups in total. The monoisotopic (exact) mass is 226 g/mol. The van der Waals surface area contributed by atoms with E-state index in [9.17, 15) is 4.79 Å². The number of carbonyl (C=O) groups is 1. The van der Waals surface area contributed by atoms with Gasteiger partial charge in [0.1, 0.15) is 0 Å². The summed E-state index contributed by atoms with van der Waals surface area (Å²) in [5, 5.41) is 0. The van der Waals surface area contributed by atoms with Crippen molar-refractivity contribution >= 4 is 5.97 Å². The fourth-order valence-electron chi connectivity index (χ4n) is 2.78. The molecule has 0 saturated heterocycles. The van der Waals surface area contributed by atoms with Gasteiger partial charge < -0.3 is 4.74 Å². The first-order chi connectivity index (χ1) is 7.75. The molecule has 0 atom stereocenters. The number of hydrogen-bond donors (Lipinski definition) is 0. The molecule has 0 aliphatic heterocycles. The summed E-state index contributed by atoms with van der Waals surface area (Å²) < 4.78 is 5.25. The highest BCUT2D eigenvalue weighted by molar-refractivity contribution is 5.77. The number of hydrogen-bond acceptors (Lipinski definition) is 2. The van der Waals surface area contributed by atoms with Crippen LogP contribution >= 0.6 is 0 Å². The summed E-state index contributed by atoms with van der Waals surface area (Å²) >= 11 is 0. The highest BCUT2D eigenvalue weighted by atomic mass is 16.5. The minimum absolute atomic E-state index is 0.0731. The van der Waals surface area contributed by atoms with E-state index in [1.165, 1.54) is 38.5 Å². The van der Waals surface area contributed by atoms with Crippen molar-refractivity contribution in [3.05, 3.63) is 0 Å². The summed E-state index contributed by atoms with van der Waals surface area (Å²) in [5.74, 6) is 0.0731. The van der Waals surface area contributed by atoms with Gasteiger partial charge in [0.05, 0.1) is 12.0 Å². The molecule has 1 rings (SSSR count). The molecule has 0 unspecified atom stereocenters. The first-order valence-corrected chi connectivity index (χ1v) is 6.92. The molecule has 0 aromatic carbocycles. The maximum Gasteiger partial charge on any atom is 0.312 e. The summed E-state index contributed by atoms with van der Waals surface area (Å²) in [6.07, 6.45) is 10.6. The minimum Gasteiger partial charge on any atom is -0.466 e. The van der Waals surface area contributed by atoms with Crippen molar-refractivity contribution in [2.24, 2.45) is 5.41 Å². The van der Waals surface area contributed by atoms with Crippen molar-refractivity contribution in [3.63, 3.8) is 0 Å². The van der Waals surface area contributed by atoms with Gasteiger partial charge in [0.25, 0.3) is 0 Å². The lowest BCUT2D eigenvalue weighted by molar-refractivity contribution is -0.155. The maximum absolute atomic E-state index is 12.0. The quantitative estimate of drug-likeness (QED) is 0.483. The molecule has 1 saturated carbocycles. The Balaban J connectivity index is 2.42. The van der Waals surface area contributed by atoms with Gasteiger partial charge in [-0.25, -0.2) is 0 Å². The number of unbranched alkanes of at least 4 members (excludes halogenated alkanes) is 3. The molecular weight excluding hydrogens is 200 g/mol. The molecular formula is C14H26O2. The van der Waals surface area contributed by atoms with Crippen molar-refractivity contribution in [2.75, 3.05) is 6.61 Å². The Hall–Kier alpha value is -0.530. The Morgan fingerprint density at radius 1 is 1.12 bits per heavy atom. The first kappa shape index (κ1) is 13.5. The van der Waals surface area contributed by atoms with Crippen LogP contribution in [0.3, 0.4) is 0 Å². The molecule has 0 bridgehead atoms. The second kappa shape index (κ2) is 6.93. The summed E-state index contributed by atoms with van der Waals surface area (Å²) in [6.45, 7) is 4.64. The van der Waals surface area contributed by atoms with E-state index in [4.69, 9.17) is 4.74 Å². The molecule has 94 valence electrons. The molecule has 1 fully saturated rings. The van der Waals surface area contributed by atoms with Gasteiger partial charge in [0, 0.05) is 0 Å². The molecule has 16 heavy (non-hydrogen) atoms. The van der Waals surface area contributed by atoms with E-state index in [0.717, 1.165) is 19.3 Å². The minimum atomic E-state index is -0.107. The smallest absolute Gasteiger partial charge is 0.312 e. The van der Waals surface area contributed by atoms with Crippen LogP contribution in [-0.2, 0) is 9.53 Å². The zero-order chi connectivity index (χ0) is 11.9. The third kappa shape index (κ3) is 3.50. The van der Waals surface area contributed by atoms with Crippen molar-refractivity contribution in [3.8, 4) is 0 Å². The molecule has 0 amide bonds. The Bertz CT molecular complexity index is 205. The molecule has 1 aliphatic carbocycles. The number of ether oxygens (including phenoxy) is 1. The lowest BCUT2D eigenvalue weighted by Crippen LogP contribution is -2.30. The predicted octanol–water partition coefficient (Wildman–Crippen LogP) is 4.08. The number of carbonyl (C=O) groups excluding carboxylic acids is 1. The average Bonchev–Trinajstić information content (AvgIpc) is 2.75. The van der Waals surface area contributed by atoms with E-state index in [-0.39, 0.29) is 11.4 Å². The Labute approximate surface area is 99.8 Å². The van der Waals surface area contributed by atoms with Crippen LogP contribution in [0.2, 0.25) is 0 Å². The summed E-state index contributed by atoms with van der Waals surface area (Å²) in [5.41, 5.74) is -0.107. The molecule has 2 nitrogen and oxygen atoms in total. The fraction of sp³-hybridized carbons (Fsp3) is 0.929. The lowest BCUT2D eigenvalue weighted by Gasteiger charge is -2.26. The molecule has 1 aliphatic rings. The van der Waals surface area contributed by atoms with Gasteiger partial charge in [-0.15, -0.1) is 0 Å². The van der Waals surface area contributed by atoms with Gasteiger partial charge in [0.15, 0.2) is 0 Å². The zero-order valence-electron chi connectivity index (χ0n) is 10.9. The maximum atomic E-state index is 12.0. The van der Waals surface area contributed by atoms with Crippen molar-refractivity contribution < 1.29 is 9.53 Å². The molecule has 0 heterocycles. The second-order valence-corrected chi connectivity index (χ2v) is 5.02. The molecule has 0 aromatic rings. The fourth-order valence-corrected chi connectivity index (χ4v) is 2.78. The summed E-state index contributed by atoms with van der Waals surface area (Å²) in [4.78, 5) is 12.0. The van der Waals surface area contributed by atoms with E-state index in [1.807, 2.05) is 6.92 Å². The van der Waals surface area contributed by atoms with Crippen LogP contribution < -0.4 is 0 Å². The third-order valence-electron chi connectivity index (χ3n) is 3.78. The number of rotatable bonds is 7. The van der Waals surface area contributed by atoms with Crippen LogP contribution in [0.5, 0.6) is 0 Å². The van der Waals surface area contributed by atoms with Crippen LogP contribution in [0.25, 0.3) is 0 Å². The molecule has 0 spiro atoms. The SMILES string of the molecule is CCCCCCC1(C(=O)OCC)CCCC1. The standard InChI is InChI=1S/C14H26O2/c1-3-5-6-7-10-14(11-8-9-12-14)13(15)16-4-2/h3-12H2,1-2H3. The number of esters is 1. The van der Waals surface area contributed by atoms with Gasteiger partial charge in [-0.2, -0.15) is 0 Å². The molecule has 2 heteroatoms. The highest BCUT2D eigenvalue weighted by Crippen LogP contribution is 2.43. The van der Waals surface area contributed by atoms with Gasteiger partial charge >= 0.3 is 5.97 Å². The Morgan fingerprint density at radius 2 is 1.81 bits per heavy atom. The van der Waals surface area contributed by atoms with Crippen LogP contribution in [0.15, 0.2) is 0 Å². The van der Waals surface area contributed by atoms with Crippen LogP contribution in [-0.4, -0.2) is 12.6 Å². The Morgan fingerprint density at radius 3 is 2.38 bits per heavy atom. The highest BCUT2D eigenvalue weighted by Gasteiger charge is 2.41. The average molecular weight is 226 g/mol. The van der Waals surface area contributed by atoms with E-state index in [1.54, 1.807) is 0 Å². The van der Waals surface area contributed by atoms with Crippen LogP contribution in [0, 0.1) is 5.41 Å². The summed E-state index contributed by atoms with van der Waals surface area (Å²) in [7, 11) is 0. The van der Waals surface area contributed by atoms with Crippen LogP contribution in [0.4, 0.5) is 0 Å². The second-order valence-electron chi connectivity index (χ2n) is 5.02. The van der Waals surface area contributed by atoms with Crippen molar-refractivity contribution in [2.45, 2.75) is 71.6 Å². The molecule has 0 radical (unpaired) electrons. The van der Waals surface area contributed by atoms with Crippen molar-refractivity contribution in [1.29, 1.82) is 0 Å². The first-order valence-electron chi connectivity index (χ1n) is 6.92. The largest absolute Gasteiger partial charge is 0.466 e. The van der Waals surface area contributed by atoms with Crippen molar-refractivity contribution in [1.82, 2.24) is 0 Å². The lowest BCUT2D eigenvalue weighted by atomic mass is 9.81. The van der Waals surface area contributed by atoms with E-state index >= 15 is 0 Å². The third-order valence-corrected chi connectivity index (χ3v) is 3.78. The Kier molecular flexibility index (Phi) is 5.86.